The maximum atomic E-state index is 12.7. The number of carbonyl (C=O) groups is 1. The Morgan fingerprint density at radius 3 is 2.71 bits per heavy atom. The van der Waals surface area contributed by atoms with Gasteiger partial charge in [0.25, 0.3) is 6.43 Å². The Morgan fingerprint density at radius 2 is 2.29 bits per heavy atom. The summed E-state index contributed by atoms with van der Waals surface area (Å²) in [6, 6.07) is 2.98. The number of pyridine rings is 1. The van der Waals surface area contributed by atoms with Crippen LogP contribution < -0.4 is 0 Å². The maximum Gasteiger partial charge on any atom is 0.309 e. The van der Waals surface area contributed by atoms with Crippen molar-refractivity contribution in [2.24, 2.45) is 0 Å². The highest BCUT2D eigenvalue weighted by molar-refractivity contribution is 9.08. The Bertz CT molecular complexity index is 486. The molecule has 0 radical (unpaired) electrons. The van der Waals surface area contributed by atoms with Crippen LogP contribution in [-0.2, 0) is 16.5 Å². The van der Waals surface area contributed by atoms with Crippen molar-refractivity contribution in [1.29, 1.82) is 5.26 Å². The van der Waals surface area contributed by atoms with E-state index in [2.05, 4.69) is 20.9 Å². The van der Waals surface area contributed by atoms with Crippen LogP contribution in [0.25, 0.3) is 0 Å². The molecule has 0 aliphatic heterocycles. The molecule has 1 aromatic heterocycles. The molecule has 0 unspecified atom stereocenters. The molecule has 0 spiro atoms. The fraction of sp³-hybridized carbons (Fsp3) is 0.300. The van der Waals surface area contributed by atoms with Gasteiger partial charge in [-0.1, -0.05) is 15.9 Å². The van der Waals surface area contributed by atoms with Crippen LogP contribution in [0, 0.1) is 11.3 Å². The van der Waals surface area contributed by atoms with E-state index in [1.807, 2.05) is 0 Å². The molecule has 0 aliphatic rings. The first-order chi connectivity index (χ1) is 7.99. The molecule has 1 aromatic rings. The third-order valence-corrected chi connectivity index (χ3v) is 2.56. The van der Waals surface area contributed by atoms with Crippen LogP contribution in [0.1, 0.15) is 28.9 Å². The van der Waals surface area contributed by atoms with E-state index in [0.29, 0.717) is 0 Å². The zero-order valence-corrected chi connectivity index (χ0v) is 10.0. The second-order valence-electron chi connectivity index (χ2n) is 3.14. The average Bonchev–Trinajstić information content (AvgIpc) is 2.26. The lowest BCUT2D eigenvalue weighted by Gasteiger charge is -2.09. The minimum Gasteiger partial charge on any atom is -0.481 e. The van der Waals surface area contributed by atoms with Crippen molar-refractivity contribution >= 4 is 21.9 Å². The van der Waals surface area contributed by atoms with Gasteiger partial charge in [-0.3, -0.25) is 9.78 Å². The van der Waals surface area contributed by atoms with E-state index in [1.165, 1.54) is 6.07 Å². The monoisotopic (exact) mass is 304 g/mol. The van der Waals surface area contributed by atoms with Crippen LogP contribution in [0.4, 0.5) is 8.78 Å². The summed E-state index contributed by atoms with van der Waals surface area (Å²) < 4.78 is 25.4. The van der Waals surface area contributed by atoms with Gasteiger partial charge in [-0.15, -0.1) is 0 Å². The van der Waals surface area contributed by atoms with E-state index in [4.69, 9.17) is 10.4 Å². The maximum absolute atomic E-state index is 12.7. The van der Waals surface area contributed by atoms with Crippen LogP contribution >= 0.6 is 15.9 Å². The number of nitriles is 1. The summed E-state index contributed by atoms with van der Waals surface area (Å²) >= 11 is 3.00. The van der Waals surface area contributed by atoms with Gasteiger partial charge in [0, 0.05) is 10.9 Å². The lowest BCUT2D eigenvalue weighted by molar-refractivity contribution is -0.136. The van der Waals surface area contributed by atoms with Crippen LogP contribution in [0.2, 0.25) is 0 Å². The van der Waals surface area contributed by atoms with Crippen molar-refractivity contribution in [1.82, 2.24) is 4.98 Å². The number of rotatable bonds is 4. The molecular formula is C10H7BrF2N2O2. The quantitative estimate of drug-likeness (QED) is 0.867. The Hall–Kier alpha value is -1.55. The van der Waals surface area contributed by atoms with E-state index < -0.39 is 24.5 Å². The number of carboxylic acids is 1. The molecule has 0 bridgehead atoms. The number of nitrogens with zero attached hydrogens (tertiary/aromatic N) is 2. The van der Waals surface area contributed by atoms with E-state index >= 15 is 0 Å². The lowest BCUT2D eigenvalue weighted by Crippen LogP contribution is -2.08. The molecule has 90 valence electrons. The van der Waals surface area contributed by atoms with Crippen molar-refractivity contribution in [2.45, 2.75) is 18.2 Å². The van der Waals surface area contributed by atoms with Gasteiger partial charge >= 0.3 is 5.97 Å². The van der Waals surface area contributed by atoms with E-state index in [1.54, 1.807) is 6.07 Å². The van der Waals surface area contributed by atoms with Gasteiger partial charge < -0.3 is 5.11 Å². The van der Waals surface area contributed by atoms with Crippen molar-refractivity contribution in [3.63, 3.8) is 0 Å². The molecule has 0 fully saturated rings. The van der Waals surface area contributed by atoms with Gasteiger partial charge in [0.2, 0.25) is 0 Å². The van der Waals surface area contributed by atoms with Gasteiger partial charge in [0.15, 0.2) is 0 Å². The molecule has 0 saturated carbocycles. The zero-order valence-electron chi connectivity index (χ0n) is 8.45. The number of hydrogen-bond acceptors (Lipinski definition) is 3. The molecule has 0 aliphatic carbocycles. The summed E-state index contributed by atoms with van der Waals surface area (Å²) in [5, 5.41) is 17.5. The molecule has 1 heterocycles. The average molecular weight is 305 g/mol. The molecule has 0 amide bonds. The van der Waals surface area contributed by atoms with Gasteiger partial charge in [-0.05, 0) is 6.07 Å². The summed E-state index contributed by atoms with van der Waals surface area (Å²) in [6.45, 7) is 0. The Balaban J connectivity index is 3.36. The summed E-state index contributed by atoms with van der Waals surface area (Å²) in [6.07, 6.45) is -3.33. The Kier molecular flexibility index (Phi) is 4.52. The molecule has 1 rings (SSSR count). The molecule has 17 heavy (non-hydrogen) atoms. The van der Waals surface area contributed by atoms with Gasteiger partial charge in [-0.25, -0.2) is 8.78 Å². The molecular weight excluding hydrogens is 298 g/mol. The first kappa shape index (κ1) is 13.5. The molecule has 7 heteroatoms. The third kappa shape index (κ3) is 3.20. The minimum absolute atomic E-state index is 0.0171. The number of aromatic nitrogens is 1. The topological polar surface area (TPSA) is 74.0 Å². The molecule has 0 atom stereocenters. The van der Waals surface area contributed by atoms with E-state index in [0.717, 1.165) is 0 Å². The van der Waals surface area contributed by atoms with Crippen molar-refractivity contribution < 1.29 is 18.7 Å². The van der Waals surface area contributed by atoms with Crippen LogP contribution in [0.3, 0.4) is 0 Å². The SMILES string of the molecule is N#Cc1cc(CC(=O)O)nc(C(F)F)c1CBr. The van der Waals surface area contributed by atoms with Crippen molar-refractivity contribution in [3.05, 3.63) is 28.6 Å². The summed E-state index contributed by atoms with van der Waals surface area (Å²) in [7, 11) is 0. The largest absolute Gasteiger partial charge is 0.481 e. The first-order valence-electron chi connectivity index (χ1n) is 4.48. The van der Waals surface area contributed by atoms with E-state index in [9.17, 15) is 13.6 Å². The number of carboxylic acid groups (broad SMARTS) is 1. The third-order valence-electron chi connectivity index (χ3n) is 2.00. The predicted octanol–water partition coefficient (Wildman–Crippen LogP) is 2.41. The smallest absolute Gasteiger partial charge is 0.309 e. The highest BCUT2D eigenvalue weighted by Crippen LogP contribution is 2.26. The number of aliphatic carboxylic acids is 1. The standard InChI is InChI=1S/C10H7BrF2N2O2/c11-3-7-5(4-14)1-6(2-8(16)17)15-9(7)10(12)13/h1,10H,2-3H2,(H,16,17). The summed E-state index contributed by atoms with van der Waals surface area (Å²) in [4.78, 5) is 14.1. The van der Waals surface area contributed by atoms with Gasteiger partial charge in [0.1, 0.15) is 5.69 Å². The highest BCUT2D eigenvalue weighted by atomic mass is 79.9. The van der Waals surface area contributed by atoms with Crippen LogP contribution in [0.15, 0.2) is 6.07 Å². The molecule has 1 N–H and O–H groups in total. The molecule has 0 aromatic carbocycles. The number of hydrogen-bond donors (Lipinski definition) is 1. The second kappa shape index (κ2) is 5.68. The minimum atomic E-state index is -2.84. The molecule has 0 saturated heterocycles. The normalized spacial score (nSPS) is 10.3. The van der Waals surface area contributed by atoms with Crippen LogP contribution in [0.5, 0.6) is 0 Å². The lowest BCUT2D eigenvalue weighted by atomic mass is 10.1. The predicted molar refractivity (Wildman–Crippen MR) is 57.9 cm³/mol. The highest BCUT2D eigenvalue weighted by Gasteiger charge is 2.19. The van der Waals surface area contributed by atoms with E-state index in [-0.39, 0.29) is 22.2 Å². The number of halogens is 3. The zero-order chi connectivity index (χ0) is 13.0. The fourth-order valence-corrected chi connectivity index (χ4v) is 1.90. The Morgan fingerprint density at radius 1 is 1.65 bits per heavy atom. The summed E-state index contributed by atoms with van der Waals surface area (Å²) in [5.41, 5.74) is -0.480. The number of alkyl halides is 3. The fourth-order valence-electron chi connectivity index (χ4n) is 1.31. The van der Waals surface area contributed by atoms with Crippen LogP contribution in [-0.4, -0.2) is 16.1 Å². The molecule has 4 nitrogen and oxygen atoms in total. The Labute approximate surface area is 104 Å². The second-order valence-corrected chi connectivity index (χ2v) is 3.70. The van der Waals surface area contributed by atoms with Crippen molar-refractivity contribution in [2.75, 3.05) is 0 Å². The summed E-state index contributed by atoms with van der Waals surface area (Å²) in [5.74, 6) is -1.19. The van der Waals surface area contributed by atoms with Gasteiger partial charge in [-0.2, -0.15) is 5.26 Å². The first-order valence-corrected chi connectivity index (χ1v) is 5.60. The van der Waals surface area contributed by atoms with Crippen molar-refractivity contribution in [3.8, 4) is 6.07 Å². The van der Waals surface area contributed by atoms with Gasteiger partial charge in [0.05, 0.1) is 23.7 Å².